The predicted molar refractivity (Wildman–Crippen MR) is 63.3 cm³/mol. The molecule has 0 unspecified atom stereocenters. The van der Waals surface area contributed by atoms with Crippen molar-refractivity contribution in [3.63, 3.8) is 0 Å². The summed E-state index contributed by atoms with van der Waals surface area (Å²) in [5.74, 6) is 0. The SMILES string of the molecule is O=P([O-])([O-])CN(CCN(CP(=O)([O-])[O-])CP(=O)([O-])[O-])CP(=O)([O-])[O-].[Na+].[Na+].[Na+].[Na+].[Na+].[Sm+3]. The van der Waals surface area contributed by atoms with Gasteiger partial charge in [-0.05, 0) is 0 Å². The van der Waals surface area contributed by atoms with Gasteiger partial charge in [0.15, 0.2) is 0 Å². The topological polar surface area (TPSA) is 259 Å². The molecule has 0 aliphatic heterocycles. The summed E-state index contributed by atoms with van der Waals surface area (Å²) < 4.78 is 42.7. The Morgan fingerprint density at radius 2 is 0.567 bits per heavy atom. The standard InChI is InChI=1S/C6H20N2O12P4.5Na.Sm/c9-21(10,11)3-7(4-22(12,13)14)1-2-8(5-23(15,16)17)6-24(18,19)20;;;;;;/h1-6H2,(H2,9,10,11)(H2,12,13,14)(H2,15,16,17)(H2,18,19,20);;;;;;/q;5*+1;+3/p-8. The molecule has 0 aromatic heterocycles. The molecular formula is C6H12N2Na5O12P4Sm. The van der Waals surface area contributed by atoms with Gasteiger partial charge in [-0.2, -0.15) is 0 Å². The van der Waals surface area contributed by atoms with Crippen molar-refractivity contribution in [1.82, 2.24) is 9.80 Å². The Morgan fingerprint density at radius 1 is 0.433 bits per heavy atom. The Bertz CT molecular complexity index is 512. The summed E-state index contributed by atoms with van der Waals surface area (Å²) in [5, 5.41) is 0. The summed E-state index contributed by atoms with van der Waals surface area (Å²) in [4.78, 5) is 85.9. The Morgan fingerprint density at radius 3 is 0.667 bits per heavy atom. The molecule has 14 nitrogen and oxygen atoms in total. The number of rotatable bonds is 11. The van der Waals surface area contributed by atoms with Crippen LogP contribution in [-0.2, 0) is 18.3 Å². The summed E-state index contributed by atoms with van der Waals surface area (Å²) >= 11 is 0. The van der Waals surface area contributed by atoms with Gasteiger partial charge in [0.05, 0.1) is 0 Å². The molecule has 149 valence electrons. The van der Waals surface area contributed by atoms with Crippen molar-refractivity contribution in [2.45, 2.75) is 0 Å². The van der Waals surface area contributed by atoms with Gasteiger partial charge in [-0.3, -0.25) is 9.80 Å². The first kappa shape index (κ1) is 53.2. The normalized spacial score (nSPS) is 11.7. The Labute approximate surface area is 317 Å². The van der Waals surface area contributed by atoms with Gasteiger partial charge in [-0.15, -0.1) is 0 Å². The van der Waals surface area contributed by atoms with Crippen molar-refractivity contribution in [3.05, 3.63) is 0 Å². The van der Waals surface area contributed by atoms with Crippen molar-refractivity contribution in [1.29, 1.82) is 0 Å². The van der Waals surface area contributed by atoms with Crippen molar-refractivity contribution in [3.8, 4) is 0 Å². The van der Waals surface area contributed by atoms with Crippen LogP contribution in [-0.4, -0.2) is 48.0 Å². The van der Waals surface area contributed by atoms with Gasteiger partial charge in [0, 0.05) is 38.2 Å². The second-order valence-electron chi connectivity index (χ2n) is 4.80. The molecule has 0 atom stereocenters. The van der Waals surface area contributed by atoms with Crippen molar-refractivity contribution in [2.24, 2.45) is 0 Å². The van der Waals surface area contributed by atoms with Crippen molar-refractivity contribution < 1.29 is 246 Å². The molecule has 0 rings (SSSR count). The van der Waals surface area contributed by atoms with Crippen LogP contribution in [0.15, 0.2) is 0 Å². The molecule has 0 aliphatic carbocycles. The summed E-state index contributed by atoms with van der Waals surface area (Å²) in [6.45, 7) is -1.55. The van der Waals surface area contributed by atoms with Gasteiger partial charge in [0.1, 0.15) is 0 Å². The number of hydrogen-bond acceptors (Lipinski definition) is 14. The summed E-state index contributed by atoms with van der Waals surface area (Å²) in [5.41, 5.74) is 0. The van der Waals surface area contributed by atoms with E-state index in [0.717, 1.165) is 0 Å². The summed E-state index contributed by atoms with van der Waals surface area (Å²) in [6, 6.07) is 0. The van der Waals surface area contributed by atoms with Crippen LogP contribution in [0, 0.1) is 40.4 Å². The number of nitrogens with zero attached hydrogens (tertiary/aromatic N) is 2. The summed E-state index contributed by atoms with van der Waals surface area (Å²) in [7, 11) is -21.2. The zero-order valence-corrected chi connectivity index (χ0v) is 33.4. The molecule has 24 heteroatoms. The molecule has 0 saturated carbocycles. The van der Waals surface area contributed by atoms with E-state index < -0.39 is 68.6 Å². The van der Waals surface area contributed by atoms with Crippen LogP contribution in [0.5, 0.6) is 0 Å². The monoisotopic (exact) mass is 695 g/mol. The molecular weight excluding hydrogens is 681 g/mol. The van der Waals surface area contributed by atoms with Crippen LogP contribution in [0.3, 0.4) is 0 Å². The van der Waals surface area contributed by atoms with Gasteiger partial charge >= 0.3 is 188 Å². The minimum atomic E-state index is -5.30. The van der Waals surface area contributed by atoms with E-state index in [0.29, 0.717) is 9.80 Å². The largest absolute Gasteiger partial charge is 3.00 e. The van der Waals surface area contributed by atoms with E-state index >= 15 is 0 Å². The first-order valence-corrected chi connectivity index (χ1v) is 12.8. The minimum Gasteiger partial charge on any atom is -0.810 e. The zero-order valence-electron chi connectivity index (χ0n) is 17.2. The van der Waals surface area contributed by atoms with E-state index in [-0.39, 0.29) is 188 Å². The Hall–Kier alpha value is 6.86. The quantitative estimate of drug-likeness (QED) is 0.144. The van der Waals surface area contributed by atoms with Gasteiger partial charge in [-0.1, -0.05) is 30.4 Å². The summed E-state index contributed by atoms with van der Waals surface area (Å²) in [6.07, 6.45) is -5.63. The molecule has 0 amide bonds. The fraction of sp³-hybridized carbons (Fsp3) is 1.00. The predicted octanol–water partition coefficient (Wildman–Crippen LogP) is -21.9. The molecule has 0 saturated heterocycles. The first-order valence-electron chi connectivity index (χ1n) is 5.85. The maximum absolute atomic E-state index is 10.7. The molecule has 0 bridgehead atoms. The van der Waals surface area contributed by atoms with E-state index in [1.807, 2.05) is 0 Å². The number of hydrogen-bond donors (Lipinski definition) is 0. The van der Waals surface area contributed by atoms with E-state index in [2.05, 4.69) is 0 Å². The fourth-order valence-electron chi connectivity index (χ4n) is 1.63. The van der Waals surface area contributed by atoms with Gasteiger partial charge in [0.2, 0.25) is 0 Å². The molecule has 0 N–H and O–H groups in total. The molecule has 0 aromatic carbocycles. The van der Waals surface area contributed by atoms with Crippen LogP contribution in [0.1, 0.15) is 0 Å². The van der Waals surface area contributed by atoms with E-state index in [1.54, 1.807) is 0 Å². The van der Waals surface area contributed by atoms with Crippen molar-refractivity contribution >= 4 is 30.4 Å². The maximum Gasteiger partial charge on any atom is 3.00 e. The van der Waals surface area contributed by atoms with Gasteiger partial charge in [-0.25, -0.2) is 0 Å². The molecule has 0 fully saturated rings. The molecule has 0 aliphatic rings. The maximum atomic E-state index is 10.7. The molecule has 0 aromatic rings. The smallest absolute Gasteiger partial charge is 0.810 e. The third kappa shape index (κ3) is 39.4. The van der Waals surface area contributed by atoms with Crippen LogP contribution < -0.4 is 187 Å². The molecule has 0 spiro atoms. The average Bonchev–Trinajstić information content (AvgIpc) is 2.16. The van der Waals surface area contributed by atoms with Gasteiger partial charge in [0.25, 0.3) is 0 Å². The Kier molecular flexibility index (Phi) is 42.0. The van der Waals surface area contributed by atoms with Crippen LogP contribution in [0.25, 0.3) is 0 Å². The molecule has 1 radical (unpaired) electrons. The van der Waals surface area contributed by atoms with E-state index in [4.69, 9.17) is 0 Å². The van der Waals surface area contributed by atoms with Crippen LogP contribution in [0.4, 0.5) is 0 Å². The Balaban J connectivity index is -0.000000176. The molecule has 0 heterocycles. The molecule has 30 heavy (non-hydrogen) atoms. The first-order chi connectivity index (χ1) is 10.4. The fourth-order valence-corrected chi connectivity index (χ4v) is 4.88. The van der Waals surface area contributed by atoms with Gasteiger partial charge < -0.3 is 57.4 Å². The van der Waals surface area contributed by atoms with Crippen LogP contribution >= 0.6 is 30.4 Å². The second-order valence-corrected chi connectivity index (χ2v) is 10.8. The average molecular weight is 693 g/mol. The van der Waals surface area contributed by atoms with E-state index in [9.17, 15) is 57.4 Å². The second kappa shape index (κ2) is 23.7. The van der Waals surface area contributed by atoms with Crippen LogP contribution in [0.2, 0.25) is 0 Å². The third-order valence-electron chi connectivity index (χ3n) is 2.23. The van der Waals surface area contributed by atoms with E-state index in [1.165, 1.54) is 0 Å². The third-order valence-corrected chi connectivity index (χ3v) is 5.21. The minimum absolute atomic E-state index is 0. The zero-order chi connectivity index (χ0) is 19.4. The van der Waals surface area contributed by atoms with Crippen molar-refractivity contribution in [2.75, 3.05) is 38.2 Å².